The maximum Gasteiger partial charge on any atom is 0.227 e. The minimum atomic E-state index is 0.206. The van der Waals surface area contributed by atoms with E-state index in [1.807, 2.05) is 36.1 Å². The minimum Gasteiger partial charge on any atom is -0.340 e. The molecule has 30 heavy (non-hydrogen) atoms. The van der Waals surface area contributed by atoms with Gasteiger partial charge < -0.3 is 4.90 Å². The molecule has 2 heterocycles. The van der Waals surface area contributed by atoms with Crippen molar-refractivity contribution in [2.45, 2.75) is 20.3 Å². The molecule has 4 nitrogen and oxygen atoms in total. The minimum absolute atomic E-state index is 0.206. The molecule has 0 saturated carbocycles. The molecule has 3 aromatic rings. The quantitative estimate of drug-likeness (QED) is 0.643. The zero-order valence-corrected chi connectivity index (χ0v) is 17.8. The maximum absolute atomic E-state index is 13.0. The zero-order valence-electron chi connectivity index (χ0n) is 17.8. The molecule has 1 aromatic heterocycles. The van der Waals surface area contributed by atoms with Crippen LogP contribution < -0.4 is 0 Å². The lowest BCUT2D eigenvalue weighted by molar-refractivity contribution is -0.132. The molecule has 0 atom stereocenters. The Hall–Kier alpha value is -2.98. The molecule has 154 valence electrons. The lowest BCUT2D eigenvalue weighted by Crippen LogP contribution is -2.49. The summed E-state index contributed by atoms with van der Waals surface area (Å²) in [5.74, 6) is 0.206. The number of pyridine rings is 1. The number of hydrogen-bond donors (Lipinski definition) is 0. The van der Waals surface area contributed by atoms with Gasteiger partial charge in [-0.1, -0.05) is 60.7 Å². The second-order valence-electron chi connectivity index (χ2n) is 7.99. The van der Waals surface area contributed by atoms with Crippen molar-refractivity contribution < 1.29 is 4.79 Å². The van der Waals surface area contributed by atoms with E-state index in [2.05, 4.69) is 54.3 Å². The molecular weight excluding hydrogens is 370 g/mol. The number of benzene rings is 2. The smallest absolute Gasteiger partial charge is 0.227 e. The van der Waals surface area contributed by atoms with Crippen LogP contribution in [0.2, 0.25) is 0 Å². The SMILES string of the molecule is Cc1nc2ccccc2c(C)c1CC(=O)N1CCN(C/C=C/c2ccccc2)CC1. The van der Waals surface area contributed by atoms with E-state index in [9.17, 15) is 4.79 Å². The average molecular weight is 400 g/mol. The highest BCUT2D eigenvalue weighted by Gasteiger charge is 2.22. The molecule has 4 rings (SSSR count). The van der Waals surface area contributed by atoms with E-state index in [1.54, 1.807) is 0 Å². The van der Waals surface area contributed by atoms with Crippen LogP contribution in [0.25, 0.3) is 17.0 Å². The van der Waals surface area contributed by atoms with Gasteiger partial charge in [0.05, 0.1) is 11.9 Å². The van der Waals surface area contributed by atoms with Crippen LogP contribution in [-0.2, 0) is 11.2 Å². The normalized spacial score (nSPS) is 15.2. The topological polar surface area (TPSA) is 36.4 Å². The molecule has 4 heteroatoms. The van der Waals surface area contributed by atoms with E-state index in [4.69, 9.17) is 4.98 Å². The van der Waals surface area contributed by atoms with E-state index in [0.29, 0.717) is 6.42 Å². The summed E-state index contributed by atoms with van der Waals surface area (Å²) in [5, 5.41) is 1.14. The van der Waals surface area contributed by atoms with Crippen molar-refractivity contribution >= 4 is 22.9 Å². The first-order valence-electron chi connectivity index (χ1n) is 10.7. The molecule has 0 unspecified atom stereocenters. The molecule has 0 bridgehead atoms. The summed E-state index contributed by atoms with van der Waals surface area (Å²) in [6.07, 6.45) is 4.81. The molecule has 0 N–H and O–H groups in total. The fourth-order valence-corrected chi connectivity index (χ4v) is 4.18. The van der Waals surface area contributed by atoms with Crippen LogP contribution in [0.5, 0.6) is 0 Å². The van der Waals surface area contributed by atoms with Crippen molar-refractivity contribution in [3.8, 4) is 0 Å². The number of aromatic nitrogens is 1. The fourth-order valence-electron chi connectivity index (χ4n) is 4.18. The maximum atomic E-state index is 13.0. The van der Waals surface area contributed by atoms with Crippen LogP contribution >= 0.6 is 0 Å². The fraction of sp³-hybridized carbons (Fsp3) is 0.308. The molecular formula is C26H29N3O. The van der Waals surface area contributed by atoms with Gasteiger partial charge in [0.2, 0.25) is 5.91 Å². The van der Waals surface area contributed by atoms with Crippen LogP contribution in [0.3, 0.4) is 0 Å². The van der Waals surface area contributed by atoms with Gasteiger partial charge in [0, 0.05) is 43.8 Å². The standard InChI is InChI=1S/C26H29N3O/c1-20-23-12-6-7-13-25(23)27-21(2)24(20)19-26(30)29-17-15-28(16-18-29)14-8-11-22-9-4-3-5-10-22/h3-13H,14-19H2,1-2H3/b11-8+. The Balaban J connectivity index is 1.34. The Kier molecular flexibility index (Phi) is 6.24. The molecule has 0 radical (unpaired) electrons. The highest BCUT2D eigenvalue weighted by atomic mass is 16.2. The van der Waals surface area contributed by atoms with Gasteiger partial charge in [-0.2, -0.15) is 0 Å². The number of fused-ring (bicyclic) bond motifs is 1. The van der Waals surface area contributed by atoms with E-state index in [0.717, 1.165) is 54.9 Å². The first-order valence-corrected chi connectivity index (χ1v) is 10.7. The third-order valence-corrected chi connectivity index (χ3v) is 6.01. The molecule has 0 aliphatic carbocycles. The van der Waals surface area contributed by atoms with Gasteiger partial charge in [0.1, 0.15) is 0 Å². The second-order valence-corrected chi connectivity index (χ2v) is 7.99. The van der Waals surface area contributed by atoms with Crippen molar-refractivity contribution in [1.82, 2.24) is 14.8 Å². The van der Waals surface area contributed by atoms with Crippen molar-refractivity contribution in [3.05, 3.63) is 83.1 Å². The third kappa shape index (κ3) is 4.60. The predicted octanol–water partition coefficient (Wildman–Crippen LogP) is 4.25. The summed E-state index contributed by atoms with van der Waals surface area (Å²) in [7, 11) is 0. The Bertz CT molecular complexity index is 1050. The number of carbonyl (C=O) groups is 1. The number of para-hydroxylation sites is 1. The van der Waals surface area contributed by atoms with Gasteiger partial charge in [0.25, 0.3) is 0 Å². The molecule has 0 spiro atoms. The van der Waals surface area contributed by atoms with Crippen LogP contribution in [0.4, 0.5) is 0 Å². The largest absolute Gasteiger partial charge is 0.340 e. The van der Waals surface area contributed by atoms with Gasteiger partial charge in [-0.3, -0.25) is 14.7 Å². The van der Waals surface area contributed by atoms with Crippen LogP contribution in [0.15, 0.2) is 60.7 Å². The number of amides is 1. The Labute approximate surface area is 178 Å². The Morgan fingerprint density at radius 3 is 2.43 bits per heavy atom. The van der Waals surface area contributed by atoms with Crippen molar-refractivity contribution in [2.75, 3.05) is 32.7 Å². The summed E-state index contributed by atoms with van der Waals surface area (Å²) >= 11 is 0. The van der Waals surface area contributed by atoms with Gasteiger partial charge in [-0.15, -0.1) is 0 Å². The highest BCUT2D eigenvalue weighted by Crippen LogP contribution is 2.23. The summed E-state index contributed by atoms with van der Waals surface area (Å²) in [6.45, 7) is 8.45. The van der Waals surface area contributed by atoms with E-state index in [-0.39, 0.29) is 5.91 Å². The first-order chi connectivity index (χ1) is 14.6. The van der Waals surface area contributed by atoms with Crippen molar-refractivity contribution in [2.24, 2.45) is 0 Å². The van der Waals surface area contributed by atoms with Crippen LogP contribution in [0.1, 0.15) is 22.4 Å². The monoisotopic (exact) mass is 399 g/mol. The van der Waals surface area contributed by atoms with Gasteiger partial charge >= 0.3 is 0 Å². The van der Waals surface area contributed by atoms with E-state index >= 15 is 0 Å². The summed E-state index contributed by atoms with van der Waals surface area (Å²) in [5.41, 5.74) is 5.44. The number of aryl methyl sites for hydroxylation is 2. The zero-order chi connectivity index (χ0) is 20.9. The van der Waals surface area contributed by atoms with E-state index < -0.39 is 0 Å². The lowest BCUT2D eigenvalue weighted by atomic mass is 9.99. The number of hydrogen-bond acceptors (Lipinski definition) is 3. The van der Waals surface area contributed by atoms with Gasteiger partial charge in [-0.05, 0) is 36.6 Å². The molecule has 1 amide bonds. The van der Waals surface area contributed by atoms with Crippen LogP contribution in [-0.4, -0.2) is 53.4 Å². The predicted molar refractivity (Wildman–Crippen MR) is 123 cm³/mol. The average Bonchev–Trinajstić information content (AvgIpc) is 2.78. The molecule has 1 saturated heterocycles. The van der Waals surface area contributed by atoms with Gasteiger partial charge in [-0.25, -0.2) is 0 Å². The lowest BCUT2D eigenvalue weighted by Gasteiger charge is -2.34. The molecule has 1 aliphatic rings. The molecule has 1 aliphatic heterocycles. The number of rotatable bonds is 5. The Morgan fingerprint density at radius 1 is 0.967 bits per heavy atom. The summed E-state index contributed by atoms with van der Waals surface area (Å²) < 4.78 is 0. The van der Waals surface area contributed by atoms with E-state index in [1.165, 1.54) is 11.1 Å². The second kappa shape index (κ2) is 9.23. The summed E-state index contributed by atoms with van der Waals surface area (Å²) in [4.78, 5) is 22.1. The summed E-state index contributed by atoms with van der Waals surface area (Å²) in [6, 6.07) is 18.5. The first kappa shape index (κ1) is 20.3. The van der Waals surface area contributed by atoms with Crippen molar-refractivity contribution in [3.63, 3.8) is 0 Å². The third-order valence-electron chi connectivity index (χ3n) is 6.01. The number of piperazine rings is 1. The number of nitrogens with zero attached hydrogens (tertiary/aromatic N) is 3. The number of carbonyl (C=O) groups excluding carboxylic acids is 1. The van der Waals surface area contributed by atoms with Crippen molar-refractivity contribution in [1.29, 1.82) is 0 Å². The highest BCUT2D eigenvalue weighted by molar-refractivity contribution is 5.86. The molecule has 1 fully saturated rings. The molecule has 2 aromatic carbocycles. The van der Waals surface area contributed by atoms with Gasteiger partial charge in [0.15, 0.2) is 0 Å². The van der Waals surface area contributed by atoms with Crippen LogP contribution in [0, 0.1) is 13.8 Å². The Morgan fingerprint density at radius 2 is 1.67 bits per heavy atom.